The van der Waals surface area contributed by atoms with Crippen molar-refractivity contribution in [3.63, 3.8) is 0 Å². The summed E-state index contributed by atoms with van der Waals surface area (Å²) in [5, 5.41) is 4.27. The molecular weight excluding hydrogens is 309 g/mol. The van der Waals surface area contributed by atoms with Gasteiger partial charge in [0.2, 0.25) is 0 Å². The van der Waals surface area contributed by atoms with E-state index >= 15 is 0 Å². The van der Waals surface area contributed by atoms with Gasteiger partial charge in [-0.1, -0.05) is 11.6 Å². The molecule has 1 fully saturated rings. The molecule has 0 saturated carbocycles. The first kappa shape index (κ1) is 14.8. The van der Waals surface area contributed by atoms with Gasteiger partial charge in [0, 0.05) is 18.1 Å². The van der Waals surface area contributed by atoms with Crippen molar-refractivity contribution in [3.8, 4) is 0 Å². The zero-order chi connectivity index (χ0) is 15.7. The van der Waals surface area contributed by atoms with E-state index in [-0.39, 0.29) is 28.2 Å². The lowest BCUT2D eigenvalue weighted by Crippen LogP contribution is -2.41. The zero-order valence-corrected chi connectivity index (χ0v) is 12.5. The van der Waals surface area contributed by atoms with Gasteiger partial charge in [-0.2, -0.15) is 5.10 Å². The number of nitrogens with two attached hydrogens (primary N) is 1. The molecule has 8 heteroatoms. The van der Waals surface area contributed by atoms with Crippen LogP contribution in [0.1, 0.15) is 29.2 Å². The van der Waals surface area contributed by atoms with Crippen LogP contribution >= 0.6 is 11.6 Å². The molecule has 1 aromatic heterocycles. The minimum atomic E-state index is -0.680. The smallest absolute Gasteiger partial charge is 0.256 e. The van der Waals surface area contributed by atoms with E-state index in [9.17, 15) is 9.18 Å². The van der Waals surface area contributed by atoms with E-state index in [2.05, 4.69) is 10.1 Å². The second kappa shape index (κ2) is 5.92. The number of carbonyl (C=O) groups excluding carboxylic acids is 1. The number of amides is 1. The Kier molecular flexibility index (Phi) is 3.98. The van der Waals surface area contributed by atoms with Crippen LogP contribution in [-0.2, 0) is 0 Å². The first-order valence-corrected chi connectivity index (χ1v) is 7.32. The Bertz CT molecular complexity index is 691. The van der Waals surface area contributed by atoms with Crippen LogP contribution in [-0.4, -0.2) is 38.7 Å². The van der Waals surface area contributed by atoms with Crippen LogP contribution in [0.25, 0.3) is 0 Å². The maximum Gasteiger partial charge on any atom is 0.256 e. The van der Waals surface area contributed by atoms with Gasteiger partial charge < -0.3 is 10.6 Å². The molecule has 1 atom stereocenters. The highest BCUT2D eigenvalue weighted by Gasteiger charge is 2.27. The normalized spacial score (nSPS) is 18.5. The molecule has 2 heterocycles. The Labute approximate surface area is 131 Å². The van der Waals surface area contributed by atoms with Crippen LogP contribution in [0.3, 0.4) is 0 Å². The van der Waals surface area contributed by atoms with Crippen molar-refractivity contribution in [1.29, 1.82) is 0 Å². The van der Waals surface area contributed by atoms with Crippen LogP contribution in [0.4, 0.5) is 10.1 Å². The monoisotopic (exact) mass is 323 g/mol. The van der Waals surface area contributed by atoms with Gasteiger partial charge in [0.05, 0.1) is 17.3 Å². The highest BCUT2D eigenvalue weighted by atomic mass is 35.5. The molecule has 1 aliphatic rings. The van der Waals surface area contributed by atoms with Crippen molar-refractivity contribution in [2.24, 2.45) is 0 Å². The molecule has 1 amide bonds. The van der Waals surface area contributed by atoms with Gasteiger partial charge in [0.15, 0.2) is 0 Å². The van der Waals surface area contributed by atoms with E-state index in [0.717, 1.165) is 18.9 Å². The van der Waals surface area contributed by atoms with E-state index in [0.29, 0.717) is 13.1 Å². The summed E-state index contributed by atoms with van der Waals surface area (Å²) in [4.78, 5) is 18.2. The van der Waals surface area contributed by atoms with Crippen LogP contribution in [0.2, 0.25) is 5.02 Å². The van der Waals surface area contributed by atoms with Crippen molar-refractivity contribution in [2.45, 2.75) is 18.9 Å². The van der Waals surface area contributed by atoms with Crippen molar-refractivity contribution >= 4 is 23.2 Å². The van der Waals surface area contributed by atoms with Crippen molar-refractivity contribution < 1.29 is 9.18 Å². The van der Waals surface area contributed by atoms with Gasteiger partial charge in [0.1, 0.15) is 18.5 Å². The standard InChI is InChI=1S/C14H15ClFN5O/c15-9-4-11(13(17)12(16)5-9)14(22)20-3-1-2-10(6-20)21-8-18-7-19-21/h4-5,7-8,10H,1-3,6,17H2/t10-/m0/s1. The lowest BCUT2D eigenvalue weighted by molar-refractivity contribution is 0.0673. The third kappa shape index (κ3) is 2.76. The number of hydrogen-bond acceptors (Lipinski definition) is 4. The van der Waals surface area contributed by atoms with E-state index in [1.54, 1.807) is 15.9 Å². The lowest BCUT2D eigenvalue weighted by atomic mass is 10.0. The Morgan fingerprint density at radius 2 is 2.27 bits per heavy atom. The molecule has 1 aromatic carbocycles. The molecular formula is C14H15ClFN5O. The summed E-state index contributed by atoms with van der Waals surface area (Å²) in [5.74, 6) is -0.996. The molecule has 0 spiro atoms. The zero-order valence-electron chi connectivity index (χ0n) is 11.7. The Hall–Kier alpha value is -2.15. The van der Waals surface area contributed by atoms with E-state index in [1.165, 1.54) is 12.4 Å². The number of likely N-dealkylation sites (tertiary alicyclic amines) is 1. The fourth-order valence-electron chi connectivity index (χ4n) is 2.69. The predicted octanol–water partition coefficient (Wildman–Crippen LogP) is 2.13. The van der Waals surface area contributed by atoms with Gasteiger partial charge >= 0.3 is 0 Å². The average molecular weight is 324 g/mol. The van der Waals surface area contributed by atoms with Gasteiger partial charge in [0.25, 0.3) is 5.91 Å². The van der Waals surface area contributed by atoms with Crippen LogP contribution in [0.15, 0.2) is 24.8 Å². The van der Waals surface area contributed by atoms with Crippen LogP contribution in [0, 0.1) is 5.82 Å². The molecule has 3 rings (SSSR count). The number of anilines is 1. The predicted molar refractivity (Wildman–Crippen MR) is 80.0 cm³/mol. The first-order valence-electron chi connectivity index (χ1n) is 6.94. The van der Waals surface area contributed by atoms with Crippen LogP contribution < -0.4 is 5.73 Å². The summed E-state index contributed by atoms with van der Waals surface area (Å²) in [6, 6.07) is 2.56. The van der Waals surface area contributed by atoms with Gasteiger partial charge in [-0.25, -0.2) is 14.1 Å². The number of benzene rings is 1. The number of carbonyl (C=O) groups is 1. The summed E-state index contributed by atoms with van der Waals surface area (Å²) >= 11 is 5.83. The number of halogens is 2. The largest absolute Gasteiger partial charge is 0.396 e. The highest BCUT2D eigenvalue weighted by Crippen LogP contribution is 2.26. The molecule has 116 valence electrons. The number of nitrogens with zero attached hydrogens (tertiary/aromatic N) is 4. The summed E-state index contributed by atoms with van der Waals surface area (Å²) in [6.45, 7) is 1.08. The van der Waals surface area contributed by atoms with E-state index in [4.69, 9.17) is 17.3 Å². The summed E-state index contributed by atoms with van der Waals surface area (Å²) < 4.78 is 15.4. The minimum absolute atomic E-state index is 0.0606. The van der Waals surface area contributed by atoms with Crippen molar-refractivity contribution in [3.05, 3.63) is 41.2 Å². The molecule has 2 aromatic rings. The Morgan fingerprint density at radius 1 is 1.45 bits per heavy atom. The van der Waals surface area contributed by atoms with E-state index < -0.39 is 5.82 Å². The molecule has 6 nitrogen and oxygen atoms in total. The molecule has 2 N–H and O–H groups in total. The number of nitrogen functional groups attached to an aromatic ring is 1. The van der Waals surface area contributed by atoms with Gasteiger partial charge in [-0.15, -0.1) is 0 Å². The Balaban J connectivity index is 1.83. The summed E-state index contributed by atoms with van der Waals surface area (Å²) in [6.07, 6.45) is 4.84. The molecule has 0 bridgehead atoms. The van der Waals surface area contributed by atoms with Gasteiger partial charge in [-0.05, 0) is 25.0 Å². The molecule has 0 aliphatic carbocycles. The second-order valence-corrected chi connectivity index (χ2v) is 5.71. The fourth-order valence-corrected chi connectivity index (χ4v) is 2.90. The second-order valence-electron chi connectivity index (χ2n) is 5.27. The third-order valence-corrected chi connectivity index (χ3v) is 4.04. The third-order valence-electron chi connectivity index (χ3n) is 3.82. The number of piperidine rings is 1. The molecule has 22 heavy (non-hydrogen) atoms. The number of aromatic nitrogens is 3. The first-order chi connectivity index (χ1) is 10.6. The molecule has 1 saturated heterocycles. The Morgan fingerprint density at radius 3 is 3.00 bits per heavy atom. The summed E-state index contributed by atoms with van der Waals surface area (Å²) in [7, 11) is 0. The lowest BCUT2D eigenvalue weighted by Gasteiger charge is -2.33. The molecule has 0 radical (unpaired) electrons. The average Bonchev–Trinajstić information content (AvgIpc) is 3.05. The van der Waals surface area contributed by atoms with Crippen molar-refractivity contribution in [2.75, 3.05) is 18.8 Å². The van der Waals surface area contributed by atoms with Gasteiger partial charge in [-0.3, -0.25) is 4.79 Å². The maximum atomic E-state index is 13.7. The minimum Gasteiger partial charge on any atom is -0.396 e. The highest BCUT2D eigenvalue weighted by molar-refractivity contribution is 6.31. The van der Waals surface area contributed by atoms with Crippen molar-refractivity contribution in [1.82, 2.24) is 19.7 Å². The number of rotatable bonds is 2. The fraction of sp³-hybridized carbons (Fsp3) is 0.357. The number of hydrogen-bond donors (Lipinski definition) is 1. The molecule has 1 aliphatic heterocycles. The molecule has 0 unspecified atom stereocenters. The quantitative estimate of drug-likeness (QED) is 0.859. The topological polar surface area (TPSA) is 77.0 Å². The maximum absolute atomic E-state index is 13.7. The summed E-state index contributed by atoms with van der Waals surface area (Å²) in [5.41, 5.74) is 5.61. The SMILES string of the molecule is Nc1c(F)cc(Cl)cc1C(=O)N1CCC[C@H](n2cncn2)C1. The van der Waals surface area contributed by atoms with Crippen LogP contribution in [0.5, 0.6) is 0 Å². The van der Waals surface area contributed by atoms with E-state index in [1.807, 2.05) is 0 Å².